The molecule has 1 aromatic rings. The van der Waals surface area contributed by atoms with Crippen LogP contribution in [0.2, 0.25) is 5.02 Å². The summed E-state index contributed by atoms with van der Waals surface area (Å²) in [6.07, 6.45) is 1.75. The number of rotatable bonds is 9. The molecule has 21 heavy (non-hydrogen) atoms. The number of hydrogen-bond donors (Lipinski definition) is 1. The standard InChI is InChI=1S/C16H24ClNO2S/c1-4-18-16(2,15(19)20-3)10-5-11-21-12-13-6-8-14(17)9-7-13/h6-9,18H,4-5,10-12H2,1-3H3. The van der Waals surface area contributed by atoms with Crippen LogP contribution in [0, 0.1) is 0 Å². The lowest BCUT2D eigenvalue weighted by molar-refractivity contribution is -0.148. The molecule has 3 nitrogen and oxygen atoms in total. The van der Waals surface area contributed by atoms with Crippen molar-refractivity contribution in [3.8, 4) is 0 Å². The molecule has 0 heterocycles. The van der Waals surface area contributed by atoms with Gasteiger partial charge in [-0.05, 0) is 49.8 Å². The molecule has 0 amide bonds. The fourth-order valence-corrected chi connectivity index (χ4v) is 3.22. The summed E-state index contributed by atoms with van der Waals surface area (Å²) in [6, 6.07) is 7.92. The highest BCUT2D eigenvalue weighted by molar-refractivity contribution is 7.98. The molecule has 0 bridgehead atoms. The zero-order valence-electron chi connectivity index (χ0n) is 12.9. The van der Waals surface area contributed by atoms with Crippen molar-refractivity contribution in [2.45, 2.75) is 38.0 Å². The zero-order chi connectivity index (χ0) is 15.7. The van der Waals surface area contributed by atoms with E-state index in [0.29, 0.717) is 0 Å². The third-order valence-electron chi connectivity index (χ3n) is 3.35. The molecule has 1 unspecified atom stereocenters. The molecule has 0 saturated heterocycles. The van der Waals surface area contributed by atoms with Gasteiger partial charge in [-0.3, -0.25) is 4.79 Å². The second kappa shape index (κ2) is 9.34. The third kappa shape index (κ3) is 6.29. The van der Waals surface area contributed by atoms with Crippen molar-refractivity contribution in [3.05, 3.63) is 34.9 Å². The minimum atomic E-state index is -0.579. The first kappa shape index (κ1) is 18.3. The van der Waals surface area contributed by atoms with Gasteiger partial charge in [0, 0.05) is 10.8 Å². The average Bonchev–Trinajstić information content (AvgIpc) is 2.48. The molecule has 0 saturated carbocycles. The molecule has 0 spiro atoms. The molecule has 118 valence electrons. The second-order valence-corrected chi connectivity index (χ2v) is 6.68. The molecule has 0 aliphatic heterocycles. The fraction of sp³-hybridized carbons (Fsp3) is 0.562. The Morgan fingerprint density at radius 1 is 1.38 bits per heavy atom. The smallest absolute Gasteiger partial charge is 0.325 e. The number of likely N-dealkylation sites (N-methyl/N-ethyl adjacent to an activating group) is 1. The van der Waals surface area contributed by atoms with Crippen LogP contribution in [0.5, 0.6) is 0 Å². The summed E-state index contributed by atoms with van der Waals surface area (Å²) in [7, 11) is 1.44. The van der Waals surface area contributed by atoms with Gasteiger partial charge in [0.25, 0.3) is 0 Å². The van der Waals surface area contributed by atoms with Crippen LogP contribution in [0.3, 0.4) is 0 Å². The molecule has 1 aromatic carbocycles. The van der Waals surface area contributed by atoms with E-state index in [0.717, 1.165) is 35.9 Å². The Hall–Kier alpha value is -0.710. The maximum Gasteiger partial charge on any atom is 0.325 e. The van der Waals surface area contributed by atoms with E-state index in [2.05, 4.69) is 5.32 Å². The van der Waals surface area contributed by atoms with Gasteiger partial charge in [0.05, 0.1) is 7.11 Å². The van der Waals surface area contributed by atoms with Crippen LogP contribution in [-0.2, 0) is 15.3 Å². The number of esters is 1. The van der Waals surface area contributed by atoms with Crippen molar-refractivity contribution in [2.75, 3.05) is 19.4 Å². The van der Waals surface area contributed by atoms with Crippen LogP contribution in [0.4, 0.5) is 0 Å². The third-order valence-corrected chi connectivity index (χ3v) is 4.72. The molecular formula is C16H24ClNO2S. The summed E-state index contributed by atoms with van der Waals surface area (Å²) in [4.78, 5) is 11.8. The van der Waals surface area contributed by atoms with Crippen molar-refractivity contribution in [1.29, 1.82) is 0 Å². The van der Waals surface area contributed by atoms with Crippen LogP contribution < -0.4 is 5.32 Å². The number of thioether (sulfide) groups is 1. The molecule has 0 aliphatic carbocycles. The molecule has 0 aliphatic rings. The van der Waals surface area contributed by atoms with Gasteiger partial charge >= 0.3 is 5.97 Å². The Labute approximate surface area is 136 Å². The zero-order valence-corrected chi connectivity index (χ0v) is 14.5. The maximum atomic E-state index is 11.8. The van der Waals surface area contributed by atoms with Crippen molar-refractivity contribution in [2.24, 2.45) is 0 Å². The highest BCUT2D eigenvalue weighted by Gasteiger charge is 2.32. The number of nitrogens with one attached hydrogen (secondary N) is 1. The number of ether oxygens (including phenoxy) is 1. The number of carbonyl (C=O) groups is 1. The van der Waals surface area contributed by atoms with Crippen LogP contribution in [0.15, 0.2) is 24.3 Å². The van der Waals surface area contributed by atoms with Gasteiger partial charge in [-0.25, -0.2) is 0 Å². The van der Waals surface area contributed by atoms with Gasteiger partial charge in [0.1, 0.15) is 5.54 Å². The molecule has 0 fully saturated rings. The Kier molecular flexibility index (Phi) is 8.15. The van der Waals surface area contributed by atoms with E-state index >= 15 is 0 Å². The first-order valence-corrected chi connectivity index (χ1v) is 8.70. The predicted octanol–water partition coefficient (Wildman–Crippen LogP) is 3.89. The molecule has 5 heteroatoms. The summed E-state index contributed by atoms with van der Waals surface area (Å²) in [5.74, 6) is 1.79. The lowest BCUT2D eigenvalue weighted by atomic mass is 9.96. The van der Waals surface area contributed by atoms with E-state index in [1.54, 1.807) is 0 Å². The Morgan fingerprint density at radius 2 is 2.05 bits per heavy atom. The van der Waals surface area contributed by atoms with Crippen molar-refractivity contribution in [1.82, 2.24) is 5.32 Å². The molecule has 1 N–H and O–H groups in total. The summed E-state index contributed by atoms with van der Waals surface area (Å²) in [6.45, 7) is 4.66. The van der Waals surface area contributed by atoms with Crippen molar-refractivity contribution < 1.29 is 9.53 Å². The number of benzene rings is 1. The highest BCUT2D eigenvalue weighted by atomic mass is 35.5. The second-order valence-electron chi connectivity index (χ2n) is 5.14. The van der Waals surface area contributed by atoms with Crippen LogP contribution in [-0.4, -0.2) is 30.9 Å². The SMILES string of the molecule is CCNC(C)(CCCSCc1ccc(Cl)cc1)C(=O)OC. The lowest BCUT2D eigenvalue weighted by Gasteiger charge is -2.27. The van der Waals surface area contributed by atoms with Crippen LogP contribution in [0.1, 0.15) is 32.3 Å². The van der Waals surface area contributed by atoms with E-state index in [1.165, 1.54) is 12.7 Å². The maximum absolute atomic E-state index is 11.8. The summed E-state index contributed by atoms with van der Waals surface area (Å²) in [5.41, 5.74) is 0.691. The van der Waals surface area contributed by atoms with E-state index < -0.39 is 5.54 Å². The number of hydrogen-bond acceptors (Lipinski definition) is 4. The molecular weight excluding hydrogens is 306 g/mol. The van der Waals surface area contributed by atoms with Gasteiger partial charge in [-0.2, -0.15) is 11.8 Å². The highest BCUT2D eigenvalue weighted by Crippen LogP contribution is 2.20. The van der Waals surface area contributed by atoms with Gasteiger partial charge < -0.3 is 10.1 Å². The van der Waals surface area contributed by atoms with Gasteiger partial charge in [-0.15, -0.1) is 0 Å². The Balaban J connectivity index is 2.31. The molecule has 1 atom stereocenters. The van der Waals surface area contributed by atoms with Gasteiger partial charge in [0.2, 0.25) is 0 Å². The largest absolute Gasteiger partial charge is 0.468 e. The molecule has 0 radical (unpaired) electrons. The van der Waals surface area contributed by atoms with Crippen molar-refractivity contribution in [3.63, 3.8) is 0 Å². The Bertz CT molecular complexity index is 438. The van der Waals surface area contributed by atoms with Gasteiger partial charge in [0.15, 0.2) is 0 Å². The van der Waals surface area contributed by atoms with Crippen LogP contribution >= 0.6 is 23.4 Å². The molecule has 1 rings (SSSR count). The van der Waals surface area contributed by atoms with Gasteiger partial charge in [-0.1, -0.05) is 30.7 Å². The quantitative estimate of drug-likeness (QED) is 0.551. The lowest BCUT2D eigenvalue weighted by Crippen LogP contribution is -2.50. The summed E-state index contributed by atoms with van der Waals surface area (Å²) < 4.78 is 4.88. The average molecular weight is 330 g/mol. The minimum absolute atomic E-state index is 0.188. The first-order chi connectivity index (χ1) is 10.0. The van der Waals surface area contributed by atoms with Crippen molar-refractivity contribution >= 4 is 29.3 Å². The molecule has 0 aromatic heterocycles. The van der Waals surface area contributed by atoms with E-state index in [4.69, 9.17) is 16.3 Å². The number of halogens is 1. The number of carbonyl (C=O) groups excluding carboxylic acids is 1. The normalized spacial score (nSPS) is 13.7. The van der Waals surface area contributed by atoms with E-state index in [9.17, 15) is 4.79 Å². The summed E-state index contributed by atoms with van der Waals surface area (Å²) >= 11 is 7.73. The monoisotopic (exact) mass is 329 g/mol. The first-order valence-electron chi connectivity index (χ1n) is 7.17. The topological polar surface area (TPSA) is 38.3 Å². The van der Waals surface area contributed by atoms with E-state index in [1.807, 2.05) is 49.9 Å². The van der Waals surface area contributed by atoms with Crippen LogP contribution in [0.25, 0.3) is 0 Å². The number of methoxy groups -OCH3 is 1. The minimum Gasteiger partial charge on any atom is -0.468 e. The predicted molar refractivity (Wildman–Crippen MR) is 90.9 cm³/mol. The fourth-order valence-electron chi connectivity index (χ4n) is 2.18. The Morgan fingerprint density at radius 3 is 2.62 bits per heavy atom. The summed E-state index contributed by atoms with van der Waals surface area (Å²) in [5, 5.41) is 3.99. The van der Waals surface area contributed by atoms with E-state index in [-0.39, 0.29) is 5.97 Å².